The predicted molar refractivity (Wildman–Crippen MR) is 94.6 cm³/mol. The molecule has 134 valence electrons. The lowest BCUT2D eigenvalue weighted by atomic mass is 10.0. The molecule has 6 nitrogen and oxygen atoms in total. The zero-order valence-corrected chi connectivity index (χ0v) is 15.0. The number of hydrogen-bond acceptors (Lipinski definition) is 4. The lowest BCUT2D eigenvalue weighted by Crippen LogP contribution is -2.27. The van der Waals surface area contributed by atoms with E-state index in [0.29, 0.717) is 10.8 Å². The van der Waals surface area contributed by atoms with Crippen LogP contribution in [-0.4, -0.2) is 32.6 Å². The average molecular weight is 384 g/mol. The number of ether oxygens (including phenoxy) is 1. The second kappa shape index (κ2) is 8.33. The van der Waals surface area contributed by atoms with Crippen LogP contribution in [0.5, 0.6) is 5.75 Å². The number of sulfonamides is 1. The Morgan fingerprint density at radius 2 is 1.76 bits per heavy atom. The summed E-state index contributed by atoms with van der Waals surface area (Å²) < 4.78 is 32.1. The van der Waals surface area contributed by atoms with E-state index < -0.39 is 22.6 Å². The number of aliphatic carboxylic acids is 1. The third-order valence-corrected chi connectivity index (χ3v) is 5.21. The Balaban J connectivity index is 1.96. The zero-order chi connectivity index (χ0) is 18.4. The van der Waals surface area contributed by atoms with Gasteiger partial charge in [-0.05, 0) is 47.9 Å². The summed E-state index contributed by atoms with van der Waals surface area (Å²) in [6.45, 7) is 1.70. The Morgan fingerprint density at radius 1 is 1.16 bits per heavy atom. The molecule has 25 heavy (non-hydrogen) atoms. The van der Waals surface area contributed by atoms with Gasteiger partial charge < -0.3 is 9.84 Å². The number of carboxylic acids is 1. The summed E-state index contributed by atoms with van der Waals surface area (Å²) in [5.74, 6) is -0.676. The molecule has 1 atom stereocenters. The van der Waals surface area contributed by atoms with E-state index in [4.69, 9.17) is 21.4 Å². The largest absolute Gasteiger partial charge is 0.482 e. The highest BCUT2D eigenvalue weighted by Gasteiger charge is 2.16. The van der Waals surface area contributed by atoms with E-state index in [1.54, 1.807) is 24.3 Å². The zero-order valence-electron chi connectivity index (χ0n) is 13.5. The van der Waals surface area contributed by atoms with Crippen LogP contribution in [-0.2, 0) is 14.8 Å². The Kier molecular flexibility index (Phi) is 6.41. The number of carbonyl (C=O) groups is 1. The topological polar surface area (TPSA) is 92.7 Å². The van der Waals surface area contributed by atoms with E-state index in [-0.39, 0.29) is 17.4 Å². The predicted octanol–water partition coefficient (Wildman–Crippen LogP) is 2.89. The minimum atomic E-state index is -3.61. The summed E-state index contributed by atoms with van der Waals surface area (Å²) in [6.07, 6.45) is 0. The van der Waals surface area contributed by atoms with E-state index in [0.717, 1.165) is 5.56 Å². The summed E-state index contributed by atoms with van der Waals surface area (Å²) in [7, 11) is -3.61. The monoisotopic (exact) mass is 383 g/mol. The van der Waals surface area contributed by atoms with Crippen molar-refractivity contribution < 1.29 is 23.1 Å². The molecule has 2 aromatic rings. The molecule has 1 unspecified atom stereocenters. The Morgan fingerprint density at radius 3 is 2.32 bits per heavy atom. The number of benzene rings is 2. The van der Waals surface area contributed by atoms with Crippen molar-refractivity contribution in [3.63, 3.8) is 0 Å². The molecule has 0 saturated carbocycles. The van der Waals surface area contributed by atoms with Gasteiger partial charge in [-0.1, -0.05) is 30.7 Å². The number of halogens is 1. The van der Waals surface area contributed by atoms with Crippen molar-refractivity contribution in [3.8, 4) is 5.75 Å². The molecule has 0 aromatic heterocycles. The van der Waals surface area contributed by atoms with Gasteiger partial charge in [0.05, 0.1) is 4.90 Å². The molecule has 2 aromatic carbocycles. The Bertz CT molecular complexity index is 819. The lowest BCUT2D eigenvalue weighted by molar-refractivity contribution is -0.139. The normalized spacial score (nSPS) is 12.6. The highest BCUT2D eigenvalue weighted by Crippen LogP contribution is 2.20. The molecule has 0 fully saturated rings. The van der Waals surface area contributed by atoms with Gasteiger partial charge >= 0.3 is 5.97 Å². The van der Waals surface area contributed by atoms with Gasteiger partial charge in [-0.3, -0.25) is 0 Å². The highest BCUT2D eigenvalue weighted by molar-refractivity contribution is 7.89. The number of hydrogen-bond donors (Lipinski definition) is 2. The van der Waals surface area contributed by atoms with Crippen LogP contribution in [0, 0.1) is 0 Å². The number of rotatable bonds is 8. The van der Waals surface area contributed by atoms with Gasteiger partial charge in [-0.25, -0.2) is 17.9 Å². The first-order valence-corrected chi connectivity index (χ1v) is 9.34. The molecule has 0 saturated heterocycles. The maximum Gasteiger partial charge on any atom is 0.341 e. The molecule has 2 N–H and O–H groups in total. The smallest absolute Gasteiger partial charge is 0.341 e. The van der Waals surface area contributed by atoms with Gasteiger partial charge in [0.15, 0.2) is 6.61 Å². The summed E-state index contributed by atoms with van der Waals surface area (Å²) >= 11 is 5.76. The number of carboxylic acid groups (broad SMARTS) is 1. The fourth-order valence-corrected chi connectivity index (χ4v) is 3.34. The van der Waals surface area contributed by atoms with Gasteiger partial charge in [0.25, 0.3) is 0 Å². The van der Waals surface area contributed by atoms with Crippen LogP contribution in [0.2, 0.25) is 5.02 Å². The van der Waals surface area contributed by atoms with Crippen molar-refractivity contribution in [2.75, 3.05) is 13.2 Å². The molecule has 0 spiro atoms. The molecule has 0 aliphatic rings. The fourth-order valence-electron chi connectivity index (χ4n) is 2.09. The van der Waals surface area contributed by atoms with Crippen molar-refractivity contribution in [2.45, 2.75) is 17.7 Å². The average Bonchev–Trinajstić information content (AvgIpc) is 2.59. The summed E-state index contributed by atoms with van der Waals surface area (Å²) in [6, 6.07) is 12.8. The maximum absolute atomic E-state index is 12.3. The van der Waals surface area contributed by atoms with Crippen LogP contribution in [0.3, 0.4) is 0 Å². The molecule has 0 radical (unpaired) electrons. The molecule has 0 aliphatic carbocycles. The standard InChI is InChI=1S/C17H18ClNO5S/c1-12(13-2-6-15(7-3-13)24-11-17(20)21)10-19-25(22,23)16-8-4-14(18)5-9-16/h2-9,12,19H,10-11H2,1H3,(H,20,21). The van der Waals surface area contributed by atoms with Crippen molar-refractivity contribution >= 4 is 27.6 Å². The van der Waals surface area contributed by atoms with Crippen LogP contribution in [0.25, 0.3) is 0 Å². The van der Waals surface area contributed by atoms with Crippen LogP contribution in [0.15, 0.2) is 53.4 Å². The summed E-state index contributed by atoms with van der Waals surface area (Å²) in [5.41, 5.74) is 0.904. The van der Waals surface area contributed by atoms with E-state index in [9.17, 15) is 13.2 Å². The second-order valence-corrected chi connectivity index (χ2v) is 7.66. The number of nitrogens with one attached hydrogen (secondary N) is 1. The van der Waals surface area contributed by atoms with Crippen molar-refractivity contribution in [1.29, 1.82) is 0 Å². The van der Waals surface area contributed by atoms with Crippen LogP contribution < -0.4 is 9.46 Å². The van der Waals surface area contributed by atoms with E-state index in [1.165, 1.54) is 24.3 Å². The summed E-state index contributed by atoms with van der Waals surface area (Å²) in [5, 5.41) is 9.05. The van der Waals surface area contributed by atoms with Crippen LogP contribution >= 0.6 is 11.6 Å². The quantitative estimate of drug-likeness (QED) is 0.731. The summed E-state index contributed by atoms with van der Waals surface area (Å²) in [4.78, 5) is 10.6. The molecule has 2 rings (SSSR count). The van der Waals surface area contributed by atoms with Gasteiger partial charge in [-0.2, -0.15) is 0 Å². The van der Waals surface area contributed by atoms with Crippen molar-refractivity contribution in [1.82, 2.24) is 4.72 Å². The molecule has 0 amide bonds. The molecule has 0 bridgehead atoms. The van der Waals surface area contributed by atoms with E-state index in [2.05, 4.69) is 4.72 Å². The third kappa shape index (κ3) is 5.74. The van der Waals surface area contributed by atoms with Crippen molar-refractivity contribution in [3.05, 3.63) is 59.1 Å². The van der Waals surface area contributed by atoms with E-state index in [1.807, 2.05) is 6.92 Å². The van der Waals surface area contributed by atoms with Gasteiger partial charge in [0.1, 0.15) is 5.75 Å². The second-order valence-electron chi connectivity index (χ2n) is 5.46. The Hall–Kier alpha value is -2.09. The van der Waals surface area contributed by atoms with Gasteiger partial charge in [0.2, 0.25) is 10.0 Å². The van der Waals surface area contributed by atoms with Crippen LogP contribution in [0.1, 0.15) is 18.4 Å². The van der Waals surface area contributed by atoms with Crippen LogP contribution in [0.4, 0.5) is 0 Å². The lowest BCUT2D eigenvalue weighted by Gasteiger charge is -2.14. The highest BCUT2D eigenvalue weighted by atomic mass is 35.5. The molecule has 0 aliphatic heterocycles. The SMILES string of the molecule is CC(CNS(=O)(=O)c1ccc(Cl)cc1)c1ccc(OCC(=O)O)cc1. The first-order chi connectivity index (χ1) is 11.8. The molecule has 0 heterocycles. The first kappa shape index (κ1) is 19.2. The third-order valence-electron chi connectivity index (χ3n) is 3.51. The minimum Gasteiger partial charge on any atom is -0.482 e. The molecular formula is C17H18ClNO5S. The van der Waals surface area contributed by atoms with Gasteiger partial charge in [-0.15, -0.1) is 0 Å². The minimum absolute atomic E-state index is 0.0735. The van der Waals surface area contributed by atoms with E-state index >= 15 is 0 Å². The maximum atomic E-state index is 12.3. The van der Waals surface area contributed by atoms with Gasteiger partial charge in [0, 0.05) is 11.6 Å². The Labute approximate surface area is 151 Å². The van der Waals surface area contributed by atoms with Crippen molar-refractivity contribution in [2.24, 2.45) is 0 Å². The molecular weight excluding hydrogens is 366 g/mol. The fraction of sp³-hybridized carbons (Fsp3) is 0.235. The molecule has 8 heteroatoms. The first-order valence-electron chi connectivity index (χ1n) is 7.48.